The van der Waals surface area contributed by atoms with Crippen molar-refractivity contribution in [3.8, 4) is 28.5 Å². The lowest BCUT2D eigenvalue weighted by Gasteiger charge is -2.09. The van der Waals surface area contributed by atoms with Crippen molar-refractivity contribution in [3.05, 3.63) is 46.2 Å². The molecule has 1 aromatic carbocycles. The highest BCUT2D eigenvalue weighted by atomic mass is 32.1. The Kier molecular flexibility index (Phi) is 3.38. The molecule has 0 amide bonds. The van der Waals surface area contributed by atoms with E-state index in [1.165, 1.54) is 18.3 Å². The predicted molar refractivity (Wildman–Crippen MR) is 100 cm³/mol. The lowest BCUT2D eigenvalue weighted by atomic mass is 10.0. The van der Waals surface area contributed by atoms with Crippen molar-refractivity contribution in [1.29, 1.82) is 0 Å². The predicted octanol–water partition coefficient (Wildman–Crippen LogP) is 4.27. The van der Waals surface area contributed by atoms with Crippen LogP contribution in [0.15, 0.2) is 35.1 Å². The second-order valence-electron chi connectivity index (χ2n) is 6.29. The Morgan fingerprint density at radius 3 is 2.89 bits per heavy atom. The molecule has 0 radical (unpaired) electrons. The molecule has 136 valence electrons. The number of hydrogen-bond donors (Lipinski definition) is 2. The highest BCUT2D eigenvalue weighted by Crippen LogP contribution is 2.42. The SMILES string of the molecule is C[C@H](F)c1cc(-c2ccc3c(c2)OCO3)nc2sc3c(O)cc(=O)[nH]c3c12. The van der Waals surface area contributed by atoms with Crippen molar-refractivity contribution >= 4 is 31.8 Å². The second kappa shape index (κ2) is 5.68. The zero-order valence-electron chi connectivity index (χ0n) is 14.1. The molecule has 0 bridgehead atoms. The number of rotatable bonds is 2. The number of aromatic nitrogens is 2. The summed E-state index contributed by atoms with van der Waals surface area (Å²) in [5.41, 5.74) is 1.70. The van der Waals surface area contributed by atoms with Crippen molar-refractivity contribution < 1.29 is 19.0 Å². The number of pyridine rings is 2. The van der Waals surface area contributed by atoms with E-state index in [0.717, 1.165) is 11.6 Å². The molecule has 1 aliphatic heterocycles. The summed E-state index contributed by atoms with van der Waals surface area (Å²) in [4.78, 5) is 19.6. The molecule has 0 saturated carbocycles. The first kappa shape index (κ1) is 16.1. The molecular formula is C19H13FN2O4S. The fourth-order valence-electron chi connectivity index (χ4n) is 3.29. The molecule has 27 heavy (non-hydrogen) atoms. The van der Waals surface area contributed by atoms with Gasteiger partial charge in [0.25, 0.3) is 5.56 Å². The van der Waals surface area contributed by atoms with Crippen LogP contribution >= 0.6 is 11.3 Å². The summed E-state index contributed by atoms with van der Waals surface area (Å²) in [7, 11) is 0. The Bertz CT molecular complexity index is 1280. The minimum atomic E-state index is -1.29. The van der Waals surface area contributed by atoms with E-state index in [0.29, 0.717) is 43.2 Å². The van der Waals surface area contributed by atoms with Crippen molar-refractivity contribution in [2.45, 2.75) is 13.1 Å². The molecular weight excluding hydrogens is 371 g/mol. The van der Waals surface area contributed by atoms with Crippen molar-refractivity contribution in [2.75, 3.05) is 6.79 Å². The number of nitrogens with zero attached hydrogens (tertiary/aromatic N) is 1. The number of aromatic hydroxyl groups is 1. The summed E-state index contributed by atoms with van der Waals surface area (Å²) in [6, 6.07) is 8.20. The number of hydrogen-bond acceptors (Lipinski definition) is 6. The monoisotopic (exact) mass is 384 g/mol. The number of benzene rings is 1. The first-order chi connectivity index (χ1) is 13.0. The number of nitrogens with one attached hydrogen (secondary N) is 1. The first-order valence-electron chi connectivity index (χ1n) is 8.25. The lowest BCUT2D eigenvalue weighted by molar-refractivity contribution is 0.174. The number of aromatic amines is 1. The maximum absolute atomic E-state index is 14.5. The fourth-order valence-corrected chi connectivity index (χ4v) is 4.37. The van der Waals surface area contributed by atoms with Crippen LogP contribution in [0, 0.1) is 0 Å². The molecule has 1 aliphatic rings. The average Bonchev–Trinajstić information content (AvgIpc) is 3.24. The lowest BCUT2D eigenvalue weighted by Crippen LogP contribution is -2.02. The molecule has 6 nitrogen and oxygen atoms in total. The molecule has 4 heterocycles. The summed E-state index contributed by atoms with van der Waals surface area (Å²) in [5.74, 6) is 1.13. The third-order valence-corrected chi connectivity index (χ3v) is 5.64. The molecule has 0 spiro atoms. The van der Waals surface area contributed by atoms with Crippen LogP contribution in [0.25, 0.3) is 31.7 Å². The van der Waals surface area contributed by atoms with Gasteiger partial charge in [0, 0.05) is 22.6 Å². The Morgan fingerprint density at radius 1 is 1.26 bits per heavy atom. The number of alkyl halides is 1. The van der Waals surface area contributed by atoms with E-state index in [4.69, 9.17) is 9.47 Å². The number of fused-ring (bicyclic) bond motifs is 4. The zero-order chi connectivity index (χ0) is 18.7. The van der Waals surface area contributed by atoms with E-state index in [1.807, 2.05) is 6.07 Å². The van der Waals surface area contributed by atoms with Crippen LogP contribution in [0.5, 0.6) is 17.2 Å². The largest absolute Gasteiger partial charge is 0.506 e. The summed E-state index contributed by atoms with van der Waals surface area (Å²) >= 11 is 1.21. The van der Waals surface area contributed by atoms with Gasteiger partial charge >= 0.3 is 0 Å². The smallest absolute Gasteiger partial charge is 0.252 e. The van der Waals surface area contributed by atoms with E-state index >= 15 is 0 Å². The molecule has 0 saturated heterocycles. The standard InChI is InChI=1S/C19H13FN2O4S/c1-8(20)10-5-11(9-2-3-13-14(4-9)26-7-25-13)21-19-16(10)17-18(27-19)12(23)6-15(24)22-17/h2-6,8H,7H2,1H3,(H2,22,23,24)/t8-/m0/s1. The molecule has 1 atom stereocenters. The van der Waals surface area contributed by atoms with Crippen LogP contribution in [-0.4, -0.2) is 21.9 Å². The van der Waals surface area contributed by atoms with E-state index in [1.54, 1.807) is 18.2 Å². The number of ether oxygens (including phenoxy) is 2. The van der Waals surface area contributed by atoms with Crippen molar-refractivity contribution in [1.82, 2.24) is 9.97 Å². The van der Waals surface area contributed by atoms with E-state index < -0.39 is 11.7 Å². The topological polar surface area (TPSA) is 84.4 Å². The minimum Gasteiger partial charge on any atom is -0.506 e. The Labute approximate surface area is 155 Å². The van der Waals surface area contributed by atoms with Gasteiger partial charge in [-0.1, -0.05) is 0 Å². The number of H-pyrrole nitrogens is 1. The molecule has 3 aromatic heterocycles. The molecule has 4 aromatic rings. The van der Waals surface area contributed by atoms with Gasteiger partial charge in [-0.15, -0.1) is 11.3 Å². The average molecular weight is 384 g/mol. The summed E-state index contributed by atoms with van der Waals surface area (Å²) in [6.07, 6.45) is -1.29. The molecule has 5 rings (SSSR count). The number of thiophene rings is 1. The van der Waals surface area contributed by atoms with Crippen molar-refractivity contribution in [3.63, 3.8) is 0 Å². The van der Waals surface area contributed by atoms with Gasteiger partial charge in [-0.05, 0) is 31.2 Å². The number of halogens is 1. The second-order valence-corrected chi connectivity index (χ2v) is 7.29. The van der Waals surface area contributed by atoms with Gasteiger partial charge in [0.15, 0.2) is 11.5 Å². The van der Waals surface area contributed by atoms with Crippen LogP contribution in [0.2, 0.25) is 0 Å². The highest BCUT2D eigenvalue weighted by molar-refractivity contribution is 7.25. The third-order valence-electron chi connectivity index (χ3n) is 4.54. The Hall–Kier alpha value is -3.13. The summed E-state index contributed by atoms with van der Waals surface area (Å²) in [5, 5.41) is 10.6. The summed E-state index contributed by atoms with van der Waals surface area (Å²) < 4.78 is 25.7. The van der Waals surface area contributed by atoms with E-state index in [2.05, 4.69) is 9.97 Å². The van der Waals surface area contributed by atoms with Crippen LogP contribution in [-0.2, 0) is 0 Å². The van der Waals surface area contributed by atoms with Gasteiger partial charge in [-0.3, -0.25) is 4.79 Å². The maximum Gasteiger partial charge on any atom is 0.252 e. The van der Waals surface area contributed by atoms with Crippen LogP contribution in [0.3, 0.4) is 0 Å². The Morgan fingerprint density at radius 2 is 2.07 bits per heavy atom. The van der Waals surface area contributed by atoms with Gasteiger partial charge in [-0.2, -0.15) is 0 Å². The highest BCUT2D eigenvalue weighted by Gasteiger charge is 2.21. The molecule has 2 N–H and O–H groups in total. The fraction of sp³-hybridized carbons (Fsp3) is 0.158. The van der Waals surface area contributed by atoms with E-state index in [9.17, 15) is 14.3 Å². The quantitative estimate of drug-likeness (QED) is 0.539. The van der Waals surface area contributed by atoms with Gasteiger partial charge in [-0.25, -0.2) is 9.37 Å². The van der Waals surface area contributed by atoms with Gasteiger partial charge in [0.2, 0.25) is 6.79 Å². The molecule has 8 heteroatoms. The van der Waals surface area contributed by atoms with Gasteiger partial charge < -0.3 is 19.6 Å². The minimum absolute atomic E-state index is 0.140. The molecule has 0 aliphatic carbocycles. The van der Waals surface area contributed by atoms with Gasteiger partial charge in [0.05, 0.1) is 15.9 Å². The maximum atomic E-state index is 14.5. The van der Waals surface area contributed by atoms with Crippen LogP contribution in [0.4, 0.5) is 4.39 Å². The summed E-state index contributed by atoms with van der Waals surface area (Å²) in [6.45, 7) is 1.60. The van der Waals surface area contributed by atoms with Gasteiger partial charge in [0.1, 0.15) is 16.8 Å². The molecule has 0 unspecified atom stereocenters. The van der Waals surface area contributed by atoms with E-state index in [-0.39, 0.29) is 12.5 Å². The zero-order valence-corrected chi connectivity index (χ0v) is 14.9. The first-order valence-corrected chi connectivity index (χ1v) is 9.06. The third kappa shape index (κ3) is 2.44. The van der Waals surface area contributed by atoms with Crippen molar-refractivity contribution in [2.24, 2.45) is 0 Å². The van der Waals surface area contributed by atoms with Crippen LogP contribution in [0.1, 0.15) is 18.7 Å². The Balaban J connectivity index is 1.82. The normalized spacial score (nSPS) is 14.1. The van der Waals surface area contributed by atoms with Crippen LogP contribution < -0.4 is 15.0 Å². The molecule has 0 fully saturated rings.